The molecular weight excluding hydrogens is 248 g/mol. The van der Waals surface area contributed by atoms with Gasteiger partial charge in [-0.15, -0.1) is 0 Å². The molecule has 1 saturated carbocycles. The molecule has 3 aliphatic rings. The maximum Gasteiger partial charge on any atom is 0.112 e. The lowest BCUT2D eigenvalue weighted by Gasteiger charge is -2.26. The molecule has 20 heavy (non-hydrogen) atoms. The second-order valence-electron chi connectivity index (χ2n) is 6.77. The van der Waals surface area contributed by atoms with Crippen molar-refractivity contribution in [2.75, 3.05) is 19.6 Å². The Bertz CT molecular complexity index is 483. The molecule has 0 spiro atoms. The van der Waals surface area contributed by atoms with E-state index in [1.807, 2.05) is 0 Å². The number of fused-ring (bicyclic) bond motifs is 1. The molecule has 0 radical (unpaired) electrons. The molecule has 3 heterocycles. The van der Waals surface area contributed by atoms with Gasteiger partial charge in [0, 0.05) is 43.7 Å². The third-order valence-corrected chi connectivity index (χ3v) is 5.17. The highest BCUT2D eigenvalue weighted by Gasteiger charge is 2.32. The van der Waals surface area contributed by atoms with E-state index < -0.39 is 0 Å². The van der Waals surface area contributed by atoms with Crippen LogP contribution >= 0.6 is 0 Å². The zero-order valence-electron chi connectivity index (χ0n) is 12.6. The highest BCUT2D eigenvalue weighted by molar-refractivity contribution is 5.24. The molecule has 1 atom stereocenters. The Balaban J connectivity index is 1.60. The van der Waals surface area contributed by atoms with E-state index in [2.05, 4.69) is 21.7 Å². The van der Waals surface area contributed by atoms with Crippen molar-refractivity contribution in [2.45, 2.75) is 64.1 Å². The van der Waals surface area contributed by atoms with Crippen LogP contribution in [0, 0.1) is 0 Å². The molecule has 0 amide bonds. The highest BCUT2D eigenvalue weighted by atomic mass is 15.2. The second kappa shape index (κ2) is 5.15. The van der Waals surface area contributed by atoms with Crippen LogP contribution in [0.2, 0.25) is 0 Å². The monoisotopic (exact) mass is 274 g/mol. The summed E-state index contributed by atoms with van der Waals surface area (Å²) in [6, 6.07) is 0.656. The van der Waals surface area contributed by atoms with E-state index in [9.17, 15) is 0 Å². The smallest absolute Gasteiger partial charge is 0.112 e. The minimum atomic E-state index is 0.656. The number of likely N-dealkylation sites (tertiary alicyclic amines) is 1. The molecule has 4 rings (SSSR count). The van der Waals surface area contributed by atoms with Crippen LogP contribution in [0.15, 0.2) is 0 Å². The van der Waals surface area contributed by atoms with Crippen LogP contribution in [0.1, 0.15) is 55.7 Å². The van der Waals surface area contributed by atoms with Crippen LogP contribution in [0.4, 0.5) is 0 Å². The molecule has 1 saturated heterocycles. The summed E-state index contributed by atoms with van der Waals surface area (Å²) >= 11 is 0. The van der Waals surface area contributed by atoms with E-state index in [-0.39, 0.29) is 0 Å². The highest BCUT2D eigenvalue weighted by Crippen LogP contribution is 2.40. The molecule has 1 aliphatic carbocycles. The van der Waals surface area contributed by atoms with E-state index in [1.54, 1.807) is 0 Å². The van der Waals surface area contributed by atoms with Crippen LogP contribution in [-0.4, -0.2) is 40.1 Å². The van der Waals surface area contributed by atoms with E-state index in [0.29, 0.717) is 6.04 Å². The van der Waals surface area contributed by atoms with E-state index in [1.165, 1.54) is 56.0 Å². The van der Waals surface area contributed by atoms with Crippen molar-refractivity contribution >= 4 is 0 Å². The van der Waals surface area contributed by atoms with Crippen molar-refractivity contribution in [1.82, 2.24) is 19.8 Å². The fourth-order valence-corrected chi connectivity index (χ4v) is 3.81. The van der Waals surface area contributed by atoms with Gasteiger partial charge in [0.1, 0.15) is 5.82 Å². The van der Waals surface area contributed by atoms with Gasteiger partial charge in [-0.3, -0.25) is 4.90 Å². The Labute approximate surface area is 121 Å². The van der Waals surface area contributed by atoms with Gasteiger partial charge in [-0.1, -0.05) is 0 Å². The molecule has 4 nitrogen and oxygen atoms in total. The van der Waals surface area contributed by atoms with Gasteiger partial charge in [0.2, 0.25) is 0 Å². The van der Waals surface area contributed by atoms with Gasteiger partial charge >= 0.3 is 0 Å². The lowest BCUT2D eigenvalue weighted by atomic mass is 10.1. The maximum atomic E-state index is 4.97. The van der Waals surface area contributed by atoms with Crippen molar-refractivity contribution in [3.05, 3.63) is 17.2 Å². The molecule has 4 heteroatoms. The van der Waals surface area contributed by atoms with Crippen LogP contribution in [0.3, 0.4) is 0 Å². The minimum absolute atomic E-state index is 0.656. The van der Waals surface area contributed by atoms with E-state index in [4.69, 9.17) is 4.98 Å². The number of imidazole rings is 1. The molecule has 0 aromatic carbocycles. The first-order chi connectivity index (χ1) is 9.83. The fourth-order valence-electron chi connectivity index (χ4n) is 3.81. The van der Waals surface area contributed by atoms with Gasteiger partial charge in [-0.05, 0) is 45.7 Å². The normalized spacial score (nSPS) is 24.9. The summed E-state index contributed by atoms with van der Waals surface area (Å²) in [5.41, 5.74) is 2.85. The summed E-state index contributed by atoms with van der Waals surface area (Å²) in [6.07, 6.45) is 6.61. The first kappa shape index (κ1) is 12.8. The van der Waals surface area contributed by atoms with Gasteiger partial charge in [0.25, 0.3) is 0 Å². The zero-order valence-corrected chi connectivity index (χ0v) is 12.6. The summed E-state index contributed by atoms with van der Waals surface area (Å²) < 4.78 is 2.59. The fraction of sp³-hybridized carbons (Fsp3) is 0.812. The summed E-state index contributed by atoms with van der Waals surface area (Å²) in [7, 11) is 0. The Morgan fingerprint density at radius 1 is 1.30 bits per heavy atom. The Kier molecular flexibility index (Phi) is 3.31. The Morgan fingerprint density at radius 2 is 2.10 bits per heavy atom. The zero-order chi connectivity index (χ0) is 13.5. The molecule has 110 valence electrons. The van der Waals surface area contributed by atoms with Crippen molar-refractivity contribution in [2.24, 2.45) is 0 Å². The largest absolute Gasteiger partial charge is 0.330 e. The molecule has 1 N–H and O–H groups in total. The number of nitrogens with zero attached hydrogens (tertiary/aromatic N) is 3. The lowest BCUT2D eigenvalue weighted by Crippen LogP contribution is -2.35. The maximum absolute atomic E-state index is 4.97. The topological polar surface area (TPSA) is 33.1 Å². The first-order valence-corrected chi connectivity index (χ1v) is 8.36. The number of hydrogen-bond donors (Lipinski definition) is 1. The number of aromatic nitrogens is 2. The van der Waals surface area contributed by atoms with E-state index >= 15 is 0 Å². The molecular formula is C16H26N4. The van der Waals surface area contributed by atoms with Crippen LogP contribution in [-0.2, 0) is 19.5 Å². The van der Waals surface area contributed by atoms with Crippen molar-refractivity contribution < 1.29 is 0 Å². The Hall–Kier alpha value is -0.870. The van der Waals surface area contributed by atoms with Crippen molar-refractivity contribution in [3.63, 3.8) is 0 Å². The second-order valence-corrected chi connectivity index (χ2v) is 6.77. The number of rotatable bonds is 4. The van der Waals surface area contributed by atoms with Crippen molar-refractivity contribution in [1.29, 1.82) is 0 Å². The van der Waals surface area contributed by atoms with Gasteiger partial charge in [-0.25, -0.2) is 4.98 Å². The van der Waals surface area contributed by atoms with Gasteiger partial charge in [-0.2, -0.15) is 0 Å². The van der Waals surface area contributed by atoms with Crippen LogP contribution < -0.4 is 5.32 Å². The Morgan fingerprint density at radius 3 is 2.85 bits per heavy atom. The summed E-state index contributed by atoms with van der Waals surface area (Å²) in [5, 5.41) is 3.46. The van der Waals surface area contributed by atoms with E-state index in [0.717, 1.165) is 32.0 Å². The summed E-state index contributed by atoms with van der Waals surface area (Å²) in [6.45, 7) is 8.21. The SMILES string of the molecule is CC(Cn1c(C2CC2)nc2c1CCNC2)N1CCCC1. The molecule has 1 aromatic rings. The van der Waals surface area contributed by atoms with Gasteiger partial charge < -0.3 is 9.88 Å². The van der Waals surface area contributed by atoms with Crippen LogP contribution in [0.5, 0.6) is 0 Å². The third-order valence-electron chi connectivity index (χ3n) is 5.17. The number of hydrogen-bond acceptors (Lipinski definition) is 3. The first-order valence-electron chi connectivity index (χ1n) is 8.36. The molecule has 1 unspecified atom stereocenters. The predicted octanol–water partition coefficient (Wildman–Crippen LogP) is 1.89. The lowest BCUT2D eigenvalue weighted by molar-refractivity contribution is 0.232. The molecule has 1 aromatic heterocycles. The molecule has 2 aliphatic heterocycles. The van der Waals surface area contributed by atoms with Gasteiger partial charge in [0.15, 0.2) is 0 Å². The minimum Gasteiger partial charge on any atom is -0.330 e. The van der Waals surface area contributed by atoms with Gasteiger partial charge in [0.05, 0.1) is 5.69 Å². The number of nitrogens with one attached hydrogen (secondary N) is 1. The molecule has 2 fully saturated rings. The average Bonchev–Trinajstić information content (AvgIpc) is 3.03. The van der Waals surface area contributed by atoms with Crippen molar-refractivity contribution in [3.8, 4) is 0 Å². The average molecular weight is 274 g/mol. The van der Waals surface area contributed by atoms with Crippen LogP contribution in [0.25, 0.3) is 0 Å². The summed E-state index contributed by atoms with van der Waals surface area (Å²) in [5.74, 6) is 2.15. The predicted molar refractivity (Wildman–Crippen MR) is 79.9 cm³/mol. The summed E-state index contributed by atoms with van der Waals surface area (Å²) in [4.78, 5) is 7.63. The molecule has 0 bridgehead atoms. The third kappa shape index (κ3) is 2.29. The standard InChI is InChI=1S/C16H26N4/c1-12(19-8-2-3-9-19)11-20-15-6-7-17-10-14(15)18-16(20)13-4-5-13/h12-13,17H,2-11H2,1H3. The quantitative estimate of drug-likeness (QED) is 0.910.